The number of carbonyl (C=O) groups excluding carboxylic acids is 1. The van der Waals surface area contributed by atoms with Crippen molar-refractivity contribution in [1.82, 2.24) is 0 Å². The summed E-state index contributed by atoms with van der Waals surface area (Å²) < 4.78 is 11.6. The molecule has 5 heteroatoms. The molecule has 0 saturated carbocycles. The Morgan fingerprint density at radius 2 is 1.33 bits per heavy atom. The molecule has 0 amide bonds. The van der Waals surface area contributed by atoms with Gasteiger partial charge in [0, 0.05) is 0 Å². The summed E-state index contributed by atoms with van der Waals surface area (Å²) >= 11 is 12.8. The van der Waals surface area contributed by atoms with Gasteiger partial charge in [-0.3, -0.25) is 4.79 Å². The zero-order chi connectivity index (χ0) is 22.5. The normalized spacial score (nSPS) is 12.0. The van der Waals surface area contributed by atoms with Crippen LogP contribution in [0.5, 0.6) is 11.5 Å². The van der Waals surface area contributed by atoms with E-state index in [0.29, 0.717) is 40.8 Å². The van der Waals surface area contributed by atoms with Crippen LogP contribution in [-0.2, 0) is 11.2 Å². The van der Waals surface area contributed by atoms with Gasteiger partial charge in [0.25, 0.3) is 0 Å². The van der Waals surface area contributed by atoms with Gasteiger partial charge in [-0.15, -0.1) is 0 Å². The molecular weight excluding hydrogens is 419 g/mol. The van der Waals surface area contributed by atoms with Crippen molar-refractivity contribution in [1.29, 1.82) is 0 Å². The van der Waals surface area contributed by atoms with Crippen LogP contribution in [0.15, 0.2) is 36.4 Å². The van der Waals surface area contributed by atoms with Gasteiger partial charge in [0.2, 0.25) is 0 Å². The lowest BCUT2D eigenvalue weighted by Gasteiger charge is -2.25. The Hall–Kier alpha value is -1.71. The fourth-order valence-corrected chi connectivity index (χ4v) is 3.32. The van der Waals surface area contributed by atoms with E-state index < -0.39 is 5.41 Å². The van der Waals surface area contributed by atoms with Crippen LogP contribution in [0.3, 0.4) is 0 Å². The first-order chi connectivity index (χ1) is 14.0. The smallest absolute Gasteiger partial charge is 0.317 e. The first kappa shape index (κ1) is 24.6. The Morgan fingerprint density at radius 1 is 0.833 bits per heavy atom. The number of halogens is 2. The summed E-state index contributed by atoms with van der Waals surface area (Å²) in [4.78, 5) is 12.5. The van der Waals surface area contributed by atoms with Crippen molar-refractivity contribution >= 4 is 29.2 Å². The highest BCUT2D eigenvalue weighted by Crippen LogP contribution is 2.33. The lowest BCUT2D eigenvalue weighted by Crippen LogP contribution is -2.30. The number of benzene rings is 2. The first-order valence-electron chi connectivity index (χ1n) is 10.5. The molecule has 2 aromatic carbocycles. The molecule has 0 spiro atoms. The lowest BCUT2D eigenvalue weighted by molar-refractivity contribution is -0.145. The maximum Gasteiger partial charge on any atom is 0.317 e. The summed E-state index contributed by atoms with van der Waals surface area (Å²) in [6, 6.07) is 11.3. The zero-order valence-electron chi connectivity index (χ0n) is 18.8. The van der Waals surface area contributed by atoms with E-state index in [2.05, 4.69) is 6.92 Å². The predicted molar refractivity (Wildman–Crippen MR) is 125 cm³/mol. The molecule has 3 nitrogen and oxygen atoms in total. The third-order valence-corrected chi connectivity index (χ3v) is 6.49. The van der Waals surface area contributed by atoms with Crippen LogP contribution < -0.4 is 9.47 Å². The molecule has 0 radical (unpaired) electrons. The van der Waals surface area contributed by atoms with Crippen molar-refractivity contribution in [3.8, 4) is 11.5 Å². The summed E-state index contributed by atoms with van der Waals surface area (Å²) in [5.74, 6) is 0.823. The molecule has 0 N–H and O–H groups in total. The van der Waals surface area contributed by atoms with Gasteiger partial charge in [-0.05, 0) is 81.8 Å². The van der Waals surface area contributed by atoms with Gasteiger partial charge in [0.15, 0.2) is 0 Å². The van der Waals surface area contributed by atoms with Crippen LogP contribution in [0.1, 0.15) is 71.9 Å². The van der Waals surface area contributed by atoms with E-state index in [4.69, 9.17) is 32.7 Å². The molecule has 0 aliphatic heterocycles. The standard InChI is InChI=1S/C25H32Cl2O3/c1-7-24(4,5)30-22-13-11-18(16-20(22)27)14-17-10-12-21(19(26)15-17)29-23(28)25(6,8-2)9-3/h10-13,15-16H,7-9,14H2,1-6H3. The van der Waals surface area contributed by atoms with Crippen molar-refractivity contribution in [3.05, 3.63) is 57.6 Å². The second-order valence-electron chi connectivity index (χ2n) is 8.58. The van der Waals surface area contributed by atoms with E-state index in [1.165, 1.54) is 0 Å². The number of carbonyl (C=O) groups is 1. The molecule has 164 valence electrons. The van der Waals surface area contributed by atoms with Crippen molar-refractivity contribution < 1.29 is 14.3 Å². The average Bonchev–Trinajstić information content (AvgIpc) is 2.71. The van der Waals surface area contributed by atoms with Crippen molar-refractivity contribution in [2.24, 2.45) is 5.41 Å². The second kappa shape index (κ2) is 10.1. The van der Waals surface area contributed by atoms with Crippen LogP contribution in [0.2, 0.25) is 10.0 Å². The Labute approximate surface area is 190 Å². The molecule has 2 rings (SSSR count). The van der Waals surface area contributed by atoms with Gasteiger partial charge in [0.05, 0.1) is 15.5 Å². The van der Waals surface area contributed by atoms with E-state index in [9.17, 15) is 4.79 Å². The largest absolute Gasteiger partial charge is 0.486 e. The Bertz CT molecular complexity index is 886. The van der Waals surface area contributed by atoms with Crippen molar-refractivity contribution in [3.63, 3.8) is 0 Å². The Kier molecular flexibility index (Phi) is 8.24. The van der Waals surface area contributed by atoms with Crippen molar-refractivity contribution in [2.75, 3.05) is 0 Å². The third-order valence-electron chi connectivity index (χ3n) is 5.89. The molecule has 0 heterocycles. The summed E-state index contributed by atoms with van der Waals surface area (Å²) in [6.07, 6.45) is 2.98. The molecule has 0 unspecified atom stereocenters. The number of rotatable bonds is 9. The van der Waals surface area contributed by atoms with E-state index in [-0.39, 0.29) is 11.6 Å². The van der Waals surface area contributed by atoms with Gasteiger partial charge >= 0.3 is 5.97 Å². The van der Waals surface area contributed by atoms with Crippen LogP contribution in [0.25, 0.3) is 0 Å². The Morgan fingerprint density at radius 3 is 1.77 bits per heavy atom. The highest BCUT2D eigenvalue weighted by molar-refractivity contribution is 6.32. The minimum absolute atomic E-state index is 0.250. The van der Waals surface area contributed by atoms with E-state index >= 15 is 0 Å². The number of hydrogen-bond acceptors (Lipinski definition) is 3. The summed E-state index contributed by atoms with van der Waals surface area (Å²) in [6.45, 7) is 12.0. The monoisotopic (exact) mass is 450 g/mol. The highest BCUT2D eigenvalue weighted by Gasteiger charge is 2.31. The van der Waals surface area contributed by atoms with E-state index in [1.54, 1.807) is 6.07 Å². The maximum atomic E-state index is 12.5. The molecule has 0 atom stereocenters. The first-order valence-corrected chi connectivity index (χ1v) is 11.3. The molecule has 0 aliphatic carbocycles. The van der Waals surface area contributed by atoms with E-state index in [1.807, 2.05) is 65.0 Å². The average molecular weight is 451 g/mol. The second-order valence-corrected chi connectivity index (χ2v) is 9.39. The SMILES string of the molecule is CCC(C)(C)Oc1ccc(Cc2ccc(OC(=O)C(C)(CC)CC)c(Cl)c2)cc1Cl. The quantitative estimate of drug-likeness (QED) is 0.287. The third kappa shape index (κ3) is 6.15. The Balaban J connectivity index is 2.12. The maximum absolute atomic E-state index is 12.5. The van der Waals surface area contributed by atoms with Crippen LogP contribution in [-0.4, -0.2) is 11.6 Å². The minimum Gasteiger partial charge on any atom is -0.486 e. The minimum atomic E-state index is -0.505. The molecular formula is C25H32Cl2O3. The zero-order valence-corrected chi connectivity index (χ0v) is 20.3. The molecule has 0 bridgehead atoms. The lowest BCUT2D eigenvalue weighted by atomic mass is 9.85. The fourth-order valence-electron chi connectivity index (χ4n) is 2.84. The summed E-state index contributed by atoms with van der Waals surface area (Å²) in [7, 11) is 0. The van der Waals surface area contributed by atoms with Gasteiger partial charge < -0.3 is 9.47 Å². The van der Waals surface area contributed by atoms with Crippen molar-refractivity contribution in [2.45, 2.75) is 72.8 Å². The van der Waals surface area contributed by atoms with Gasteiger partial charge in [-0.25, -0.2) is 0 Å². The number of ether oxygens (including phenoxy) is 2. The fraction of sp³-hybridized carbons (Fsp3) is 0.480. The molecule has 0 fully saturated rings. The molecule has 0 saturated heterocycles. The van der Waals surface area contributed by atoms with Gasteiger partial charge in [-0.1, -0.05) is 56.1 Å². The summed E-state index contributed by atoms with van der Waals surface area (Å²) in [5, 5.41) is 1.01. The molecule has 0 aliphatic rings. The molecule has 0 aromatic heterocycles. The topological polar surface area (TPSA) is 35.5 Å². The van der Waals surface area contributed by atoms with Crippen LogP contribution in [0, 0.1) is 5.41 Å². The van der Waals surface area contributed by atoms with Gasteiger partial charge in [0.1, 0.15) is 17.1 Å². The predicted octanol–water partition coefficient (Wildman–Crippen LogP) is 7.88. The number of hydrogen-bond donors (Lipinski definition) is 0. The molecule has 30 heavy (non-hydrogen) atoms. The van der Waals surface area contributed by atoms with Crippen LogP contribution >= 0.6 is 23.2 Å². The number of esters is 1. The molecule has 2 aromatic rings. The highest BCUT2D eigenvalue weighted by atomic mass is 35.5. The van der Waals surface area contributed by atoms with Gasteiger partial charge in [-0.2, -0.15) is 0 Å². The van der Waals surface area contributed by atoms with Crippen LogP contribution in [0.4, 0.5) is 0 Å². The van der Waals surface area contributed by atoms with E-state index in [0.717, 1.165) is 17.5 Å². The summed E-state index contributed by atoms with van der Waals surface area (Å²) in [5.41, 5.74) is 1.28.